The molecule has 174 valence electrons. The monoisotopic (exact) mass is 448 g/mol. The van der Waals surface area contributed by atoms with Crippen LogP contribution in [0.25, 0.3) is 0 Å². The molecular weight excluding hydrogens is 416 g/mol. The fraction of sp³-hybridized carbons (Fsp3) is 0.481. The lowest BCUT2D eigenvalue weighted by Crippen LogP contribution is -2.50. The summed E-state index contributed by atoms with van der Waals surface area (Å²) in [6, 6.07) is 17.1. The van der Waals surface area contributed by atoms with Crippen LogP contribution in [0.5, 0.6) is 0 Å². The summed E-state index contributed by atoms with van der Waals surface area (Å²) in [6.07, 6.45) is 3.91. The number of piperidine rings is 1. The Bertz CT molecular complexity index is 991. The fourth-order valence-electron chi connectivity index (χ4n) is 5.93. The number of hydrogen-bond donors (Lipinski definition) is 2. The second kappa shape index (κ2) is 8.92. The zero-order valence-electron chi connectivity index (χ0n) is 19.1. The van der Waals surface area contributed by atoms with E-state index in [1.807, 2.05) is 42.5 Å². The number of aliphatic hydroxyl groups is 1. The predicted molar refractivity (Wildman–Crippen MR) is 124 cm³/mol. The summed E-state index contributed by atoms with van der Waals surface area (Å²) in [4.78, 5) is 27.4. The number of nitrogens with zero attached hydrogens (tertiary/aromatic N) is 1. The first-order valence-electron chi connectivity index (χ1n) is 12.0. The van der Waals surface area contributed by atoms with Gasteiger partial charge in [0.15, 0.2) is 5.60 Å². The lowest BCUT2D eigenvalue weighted by atomic mass is 9.79. The van der Waals surface area contributed by atoms with Gasteiger partial charge in [0.1, 0.15) is 0 Å². The lowest BCUT2D eigenvalue weighted by Gasteiger charge is -2.33. The Morgan fingerprint density at radius 1 is 1.03 bits per heavy atom. The van der Waals surface area contributed by atoms with E-state index in [0.29, 0.717) is 23.0 Å². The number of carbonyl (C=O) groups excluding carboxylic acids is 2. The molecule has 1 heterocycles. The highest BCUT2D eigenvalue weighted by atomic mass is 16.5. The van der Waals surface area contributed by atoms with E-state index >= 15 is 0 Å². The summed E-state index contributed by atoms with van der Waals surface area (Å²) in [5.74, 6) is 0.294. The van der Waals surface area contributed by atoms with Gasteiger partial charge in [-0.3, -0.25) is 9.69 Å². The molecule has 3 aliphatic rings. The molecule has 0 aromatic heterocycles. The van der Waals surface area contributed by atoms with E-state index in [1.54, 1.807) is 12.1 Å². The van der Waals surface area contributed by atoms with Crippen LogP contribution in [0, 0.1) is 17.8 Å². The highest BCUT2D eigenvalue weighted by Crippen LogP contribution is 2.47. The average Bonchev–Trinajstić information content (AvgIpc) is 3.26. The number of ether oxygens (including phenoxy) is 1. The first kappa shape index (κ1) is 22.1. The highest BCUT2D eigenvalue weighted by Gasteiger charge is 2.58. The summed E-state index contributed by atoms with van der Waals surface area (Å²) >= 11 is 0. The van der Waals surface area contributed by atoms with Crippen LogP contribution in [-0.4, -0.2) is 48.1 Å². The van der Waals surface area contributed by atoms with E-state index in [1.165, 1.54) is 7.11 Å². The molecule has 1 saturated heterocycles. The Morgan fingerprint density at radius 3 is 2.27 bits per heavy atom. The van der Waals surface area contributed by atoms with Crippen molar-refractivity contribution < 1.29 is 19.4 Å². The molecule has 1 amide bonds. The Balaban J connectivity index is 1.19. The van der Waals surface area contributed by atoms with E-state index in [0.717, 1.165) is 50.9 Å². The standard InChI is InChI=1S/C27H32N2O4/c1-33-25(30)19-13-11-18(12-14-19)15-29-16-22-23(17-29)24(22)28-26(31)27(32,21-9-5-6-10-21)20-7-3-2-4-8-20/h2-4,7-8,11-14,21-24,32H,5-6,9-10,15-17H2,1H3,(H,28,31)/t22-,23?,24+,27?/m0/s1. The third-order valence-corrected chi connectivity index (χ3v) is 7.85. The fourth-order valence-corrected chi connectivity index (χ4v) is 5.93. The summed E-state index contributed by atoms with van der Waals surface area (Å²) in [7, 11) is 1.39. The van der Waals surface area contributed by atoms with Crippen molar-refractivity contribution in [2.45, 2.75) is 43.9 Å². The highest BCUT2D eigenvalue weighted by molar-refractivity contribution is 5.89. The van der Waals surface area contributed by atoms with Gasteiger partial charge in [-0.2, -0.15) is 0 Å². The molecule has 0 spiro atoms. The van der Waals surface area contributed by atoms with Crippen molar-refractivity contribution in [3.05, 3.63) is 71.3 Å². The summed E-state index contributed by atoms with van der Waals surface area (Å²) in [5.41, 5.74) is 0.971. The van der Waals surface area contributed by atoms with Gasteiger partial charge >= 0.3 is 5.97 Å². The van der Waals surface area contributed by atoms with Gasteiger partial charge < -0.3 is 15.2 Å². The van der Waals surface area contributed by atoms with E-state index < -0.39 is 5.60 Å². The number of hydrogen-bond acceptors (Lipinski definition) is 5. The molecule has 0 radical (unpaired) electrons. The van der Waals surface area contributed by atoms with E-state index in [-0.39, 0.29) is 23.8 Å². The smallest absolute Gasteiger partial charge is 0.337 e. The maximum Gasteiger partial charge on any atom is 0.337 e. The van der Waals surface area contributed by atoms with Crippen LogP contribution in [0.15, 0.2) is 54.6 Å². The van der Waals surface area contributed by atoms with Gasteiger partial charge in [-0.15, -0.1) is 0 Å². The molecule has 1 aliphatic heterocycles. The zero-order chi connectivity index (χ0) is 23.0. The lowest BCUT2D eigenvalue weighted by molar-refractivity contribution is -0.147. The van der Waals surface area contributed by atoms with Crippen molar-refractivity contribution in [3.8, 4) is 0 Å². The van der Waals surface area contributed by atoms with Gasteiger partial charge in [-0.05, 0) is 47.9 Å². The summed E-state index contributed by atoms with van der Waals surface area (Å²) in [6.45, 7) is 2.69. The van der Waals surface area contributed by atoms with Gasteiger partial charge in [0.05, 0.1) is 12.7 Å². The van der Waals surface area contributed by atoms with Crippen LogP contribution in [0.1, 0.15) is 47.2 Å². The minimum Gasteiger partial charge on any atom is -0.465 e. The second-order valence-electron chi connectivity index (χ2n) is 9.82. The first-order chi connectivity index (χ1) is 16.0. The second-order valence-corrected chi connectivity index (χ2v) is 9.82. The van der Waals surface area contributed by atoms with Crippen molar-refractivity contribution in [1.82, 2.24) is 10.2 Å². The molecule has 33 heavy (non-hydrogen) atoms. The minimum atomic E-state index is -1.45. The topological polar surface area (TPSA) is 78.9 Å². The normalized spacial score (nSPS) is 26.4. The molecule has 2 saturated carbocycles. The molecule has 2 unspecified atom stereocenters. The maximum absolute atomic E-state index is 13.4. The molecule has 6 nitrogen and oxygen atoms in total. The molecule has 2 aliphatic carbocycles. The summed E-state index contributed by atoms with van der Waals surface area (Å²) < 4.78 is 4.76. The number of esters is 1. The van der Waals surface area contributed by atoms with Gasteiger partial charge in [-0.1, -0.05) is 55.3 Å². The summed E-state index contributed by atoms with van der Waals surface area (Å²) in [5, 5.41) is 14.9. The van der Waals surface area contributed by atoms with Gasteiger partial charge in [-0.25, -0.2) is 4.79 Å². The Hall–Kier alpha value is -2.70. The molecule has 6 heteroatoms. The largest absolute Gasteiger partial charge is 0.465 e. The number of fused-ring (bicyclic) bond motifs is 1. The van der Waals surface area contributed by atoms with Crippen molar-refractivity contribution in [3.63, 3.8) is 0 Å². The Morgan fingerprint density at radius 2 is 1.67 bits per heavy atom. The third-order valence-electron chi connectivity index (χ3n) is 7.85. The van der Waals surface area contributed by atoms with E-state index in [9.17, 15) is 14.7 Å². The number of amides is 1. The first-order valence-corrected chi connectivity index (χ1v) is 12.0. The quantitative estimate of drug-likeness (QED) is 0.637. The molecule has 0 bridgehead atoms. The zero-order valence-corrected chi connectivity index (χ0v) is 19.1. The SMILES string of the molecule is COC(=O)c1ccc(CN2CC3[C@H](C2)[C@H]3NC(=O)C(O)(c2ccccc2)C2CCCC2)cc1. The average molecular weight is 449 g/mol. The number of carbonyl (C=O) groups is 2. The molecular formula is C27H32N2O4. The number of nitrogens with one attached hydrogen (secondary N) is 1. The van der Waals surface area contributed by atoms with Crippen molar-refractivity contribution in [2.75, 3.05) is 20.2 Å². The maximum atomic E-state index is 13.4. The number of likely N-dealkylation sites (tertiary alicyclic amines) is 1. The molecule has 2 aromatic rings. The Labute approximate surface area is 194 Å². The van der Waals surface area contributed by atoms with Crippen LogP contribution in [-0.2, 0) is 21.7 Å². The van der Waals surface area contributed by atoms with Crippen LogP contribution in [0.3, 0.4) is 0 Å². The van der Waals surface area contributed by atoms with Gasteiger partial charge in [0.2, 0.25) is 0 Å². The van der Waals surface area contributed by atoms with Crippen LogP contribution in [0.2, 0.25) is 0 Å². The van der Waals surface area contributed by atoms with E-state index in [4.69, 9.17) is 4.74 Å². The van der Waals surface area contributed by atoms with E-state index in [2.05, 4.69) is 10.2 Å². The predicted octanol–water partition coefficient (Wildman–Crippen LogP) is 3.10. The van der Waals surface area contributed by atoms with Crippen molar-refractivity contribution in [2.24, 2.45) is 17.8 Å². The minimum absolute atomic E-state index is 0.0250. The molecule has 5 rings (SSSR count). The molecule has 4 atom stereocenters. The van der Waals surface area contributed by atoms with Gasteiger partial charge in [0.25, 0.3) is 5.91 Å². The van der Waals surface area contributed by atoms with Crippen LogP contribution < -0.4 is 5.32 Å². The van der Waals surface area contributed by atoms with Crippen molar-refractivity contribution >= 4 is 11.9 Å². The number of methoxy groups -OCH3 is 1. The van der Waals surface area contributed by atoms with Gasteiger partial charge in [0, 0.05) is 31.6 Å². The van der Waals surface area contributed by atoms with Crippen LogP contribution in [0.4, 0.5) is 0 Å². The molecule has 2 N–H and O–H groups in total. The van der Waals surface area contributed by atoms with Crippen molar-refractivity contribution in [1.29, 1.82) is 0 Å². The Kier molecular flexibility index (Phi) is 5.97. The number of rotatable bonds is 7. The molecule has 2 aromatic carbocycles. The third kappa shape index (κ3) is 4.18. The van der Waals surface area contributed by atoms with Crippen LogP contribution >= 0.6 is 0 Å². The molecule has 3 fully saturated rings. The number of benzene rings is 2.